The lowest BCUT2D eigenvalue weighted by Gasteiger charge is -2.39. The third-order valence-corrected chi connectivity index (χ3v) is 9.69. The molecule has 2 amide bonds. The standard InChI is InChI=1S/C35H37ClN6O4/c1-21-26(27-10-14-37-33(32(27)36)23-8-9-24(20-43)31(18-23)46-4)6-5-7-28(21)39-35(45)34-38-29-19-42(17-13-30(29)40(34)3)25-11-15-41(16-12-25)22(2)44/h5-10,14,18,20,25H,11-13,15-17,19H2,1-4H3,(H,39,45). The predicted molar refractivity (Wildman–Crippen MR) is 177 cm³/mol. The van der Waals surface area contributed by atoms with Crippen molar-refractivity contribution in [3.63, 3.8) is 0 Å². The molecule has 0 saturated carbocycles. The molecule has 2 aliphatic rings. The van der Waals surface area contributed by atoms with E-state index in [1.165, 1.54) is 7.11 Å². The summed E-state index contributed by atoms with van der Waals surface area (Å²) in [4.78, 5) is 50.5. The minimum Gasteiger partial charge on any atom is -0.496 e. The number of aromatic nitrogens is 3. The number of ether oxygens (including phenoxy) is 1. The van der Waals surface area contributed by atoms with E-state index in [0.717, 1.165) is 78.8 Å². The fourth-order valence-corrected chi connectivity index (χ4v) is 6.98. The van der Waals surface area contributed by atoms with E-state index in [1.807, 2.05) is 47.7 Å². The molecule has 0 bridgehead atoms. The molecule has 1 saturated heterocycles. The Labute approximate surface area is 273 Å². The van der Waals surface area contributed by atoms with Gasteiger partial charge in [-0.3, -0.25) is 24.3 Å². The zero-order chi connectivity index (χ0) is 32.5. The molecule has 4 aromatic rings. The molecule has 1 N–H and O–H groups in total. The Morgan fingerprint density at radius 1 is 1.09 bits per heavy atom. The molecule has 46 heavy (non-hydrogen) atoms. The van der Waals surface area contributed by atoms with Crippen LogP contribution in [0.15, 0.2) is 48.7 Å². The number of nitrogens with zero attached hydrogens (tertiary/aromatic N) is 5. The molecule has 2 aromatic carbocycles. The topological polar surface area (TPSA) is 110 Å². The Balaban J connectivity index is 1.22. The minimum atomic E-state index is -0.276. The number of rotatable bonds is 7. The van der Waals surface area contributed by atoms with Crippen molar-refractivity contribution in [3.05, 3.63) is 82.0 Å². The molecule has 6 rings (SSSR count). The van der Waals surface area contributed by atoms with E-state index in [0.29, 0.717) is 46.1 Å². The van der Waals surface area contributed by atoms with Crippen LogP contribution in [-0.2, 0) is 24.8 Å². The lowest BCUT2D eigenvalue weighted by molar-refractivity contribution is -0.130. The quantitative estimate of drug-likeness (QED) is 0.264. The van der Waals surface area contributed by atoms with E-state index in [-0.39, 0.29) is 11.8 Å². The maximum Gasteiger partial charge on any atom is 0.291 e. The van der Waals surface area contributed by atoms with Gasteiger partial charge in [-0.2, -0.15) is 0 Å². The number of imidazole rings is 1. The molecule has 1 fully saturated rings. The van der Waals surface area contributed by atoms with Crippen molar-refractivity contribution < 1.29 is 19.1 Å². The lowest BCUT2D eigenvalue weighted by atomic mass is 9.97. The summed E-state index contributed by atoms with van der Waals surface area (Å²) in [7, 11) is 3.41. The molecular weight excluding hydrogens is 604 g/mol. The number of halogens is 1. The van der Waals surface area contributed by atoms with E-state index in [9.17, 15) is 14.4 Å². The maximum atomic E-state index is 13.6. The fourth-order valence-electron chi connectivity index (χ4n) is 6.66. The highest BCUT2D eigenvalue weighted by Gasteiger charge is 2.31. The molecular formula is C35H37ClN6O4. The van der Waals surface area contributed by atoms with Gasteiger partial charge in [0.2, 0.25) is 5.91 Å². The zero-order valence-electron chi connectivity index (χ0n) is 26.5. The van der Waals surface area contributed by atoms with Crippen LogP contribution in [0.5, 0.6) is 5.75 Å². The number of nitrogens with one attached hydrogen (secondary N) is 1. The van der Waals surface area contributed by atoms with Crippen LogP contribution >= 0.6 is 11.6 Å². The van der Waals surface area contributed by atoms with E-state index in [1.54, 1.807) is 31.3 Å². The summed E-state index contributed by atoms with van der Waals surface area (Å²) >= 11 is 6.95. The van der Waals surface area contributed by atoms with Gasteiger partial charge >= 0.3 is 0 Å². The SMILES string of the molecule is COc1cc(-c2nccc(-c3cccc(NC(=O)c4nc5c(n4C)CCN(C4CCN(C(C)=O)CC4)C5)c3C)c2Cl)ccc1C=O. The average Bonchev–Trinajstić information content (AvgIpc) is 3.41. The van der Waals surface area contributed by atoms with Gasteiger partial charge in [0, 0.05) is 81.3 Å². The molecule has 0 unspecified atom stereocenters. The van der Waals surface area contributed by atoms with Gasteiger partial charge in [0.15, 0.2) is 12.1 Å². The number of pyridine rings is 1. The number of anilines is 1. The van der Waals surface area contributed by atoms with Gasteiger partial charge in [-0.1, -0.05) is 29.8 Å². The highest BCUT2D eigenvalue weighted by Crippen LogP contribution is 2.39. The molecule has 0 atom stereocenters. The second-order valence-electron chi connectivity index (χ2n) is 11.9. The number of likely N-dealkylation sites (tertiary alicyclic amines) is 1. The maximum absolute atomic E-state index is 13.6. The first kappa shape index (κ1) is 31.4. The van der Waals surface area contributed by atoms with Crippen LogP contribution in [0, 0.1) is 6.92 Å². The Morgan fingerprint density at radius 3 is 2.59 bits per heavy atom. The van der Waals surface area contributed by atoms with Gasteiger partial charge < -0.3 is 19.5 Å². The van der Waals surface area contributed by atoms with Gasteiger partial charge in [0.25, 0.3) is 5.91 Å². The Morgan fingerprint density at radius 2 is 1.87 bits per heavy atom. The molecule has 2 aliphatic heterocycles. The minimum absolute atomic E-state index is 0.137. The highest BCUT2D eigenvalue weighted by molar-refractivity contribution is 6.35. The summed E-state index contributed by atoms with van der Waals surface area (Å²) in [6.45, 7) is 6.75. The number of carbonyl (C=O) groups excluding carboxylic acids is 3. The van der Waals surface area contributed by atoms with Gasteiger partial charge in [-0.25, -0.2) is 4.98 Å². The molecule has 238 valence electrons. The number of fused-ring (bicyclic) bond motifs is 1. The van der Waals surface area contributed by atoms with E-state index in [4.69, 9.17) is 21.3 Å². The van der Waals surface area contributed by atoms with E-state index < -0.39 is 0 Å². The Kier molecular flexibility index (Phi) is 8.93. The molecule has 11 heteroatoms. The molecule has 2 aromatic heterocycles. The molecule has 10 nitrogen and oxygen atoms in total. The predicted octanol–water partition coefficient (Wildman–Crippen LogP) is 5.55. The molecule has 0 spiro atoms. The van der Waals surface area contributed by atoms with Crippen LogP contribution in [0.2, 0.25) is 5.02 Å². The van der Waals surface area contributed by atoms with Crippen molar-refractivity contribution in [2.45, 2.75) is 45.7 Å². The van der Waals surface area contributed by atoms with Crippen LogP contribution in [0.4, 0.5) is 5.69 Å². The van der Waals surface area contributed by atoms with Crippen molar-refractivity contribution in [2.24, 2.45) is 7.05 Å². The number of amides is 2. The Bertz CT molecular complexity index is 1830. The number of benzene rings is 2. The van der Waals surface area contributed by atoms with Crippen LogP contribution in [0.3, 0.4) is 0 Å². The van der Waals surface area contributed by atoms with Crippen LogP contribution < -0.4 is 10.1 Å². The first-order valence-corrected chi connectivity index (χ1v) is 15.8. The summed E-state index contributed by atoms with van der Waals surface area (Å²) < 4.78 is 7.29. The van der Waals surface area contributed by atoms with Gasteiger partial charge in [-0.05, 0) is 55.2 Å². The summed E-state index contributed by atoms with van der Waals surface area (Å²) in [5.74, 6) is 0.676. The van der Waals surface area contributed by atoms with E-state index >= 15 is 0 Å². The van der Waals surface area contributed by atoms with Crippen molar-refractivity contribution in [3.8, 4) is 28.1 Å². The van der Waals surface area contributed by atoms with Crippen LogP contribution in [0.25, 0.3) is 22.4 Å². The summed E-state index contributed by atoms with van der Waals surface area (Å²) in [6, 6.07) is 13.2. The zero-order valence-corrected chi connectivity index (χ0v) is 27.2. The molecule has 0 radical (unpaired) electrons. The molecule has 0 aliphatic carbocycles. The largest absolute Gasteiger partial charge is 0.496 e. The lowest BCUT2D eigenvalue weighted by Crippen LogP contribution is -2.47. The Hall–Kier alpha value is -4.54. The highest BCUT2D eigenvalue weighted by atomic mass is 35.5. The van der Waals surface area contributed by atoms with Crippen molar-refractivity contribution >= 4 is 35.4 Å². The van der Waals surface area contributed by atoms with Crippen LogP contribution in [-0.4, -0.2) is 75.2 Å². The third-order valence-electron chi connectivity index (χ3n) is 9.31. The summed E-state index contributed by atoms with van der Waals surface area (Å²) in [5.41, 5.74) is 6.87. The fraction of sp³-hybridized carbons (Fsp3) is 0.343. The number of methoxy groups -OCH3 is 1. The normalized spacial score (nSPS) is 15.4. The number of piperidine rings is 1. The van der Waals surface area contributed by atoms with Crippen molar-refractivity contribution in [2.75, 3.05) is 32.1 Å². The number of hydrogen-bond donors (Lipinski definition) is 1. The summed E-state index contributed by atoms with van der Waals surface area (Å²) in [6.07, 6.45) is 5.16. The average molecular weight is 641 g/mol. The summed E-state index contributed by atoms with van der Waals surface area (Å²) in [5, 5.41) is 3.54. The van der Waals surface area contributed by atoms with E-state index in [2.05, 4.69) is 15.2 Å². The third kappa shape index (κ3) is 5.90. The van der Waals surface area contributed by atoms with Gasteiger partial charge in [-0.15, -0.1) is 0 Å². The van der Waals surface area contributed by atoms with Crippen LogP contribution in [0.1, 0.15) is 57.7 Å². The number of hydrogen-bond acceptors (Lipinski definition) is 7. The second kappa shape index (κ2) is 13.1. The molecule has 4 heterocycles. The number of aldehydes is 1. The smallest absolute Gasteiger partial charge is 0.291 e. The first-order valence-electron chi connectivity index (χ1n) is 15.4. The van der Waals surface area contributed by atoms with Crippen molar-refractivity contribution in [1.82, 2.24) is 24.3 Å². The second-order valence-corrected chi connectivity index (χ2v) is 12.3. The van der Waals surface area contributed by atoms with Gasteiger partial charge in [0.05, 0.1) is 29.1 Å². The van der Waals surface area contributed by atoms with Gasteiger partial charge in [0.1, 0.15) is 5.75 Å². The van der Waals surface area contributed by atoms with Crippen molar-refractivity contribution in [1.29, 1.82) is 0 Å². The number of carbonyl (C=O) groups is 3. The first-order chi connectivity index (χ1) is 22.2. The monoisotopic (exact) mass is 640 g/mol.